The minimum atomic E-state index is -0.992. The van der Waals surface area contributed by atoms with Gasteiger partial charge in [0.25, 0.3) is 0 Å². The van der Waals surface area contributed by atoms with Crippen LogP contribution in [0.3, 0.4) is 0 Å². The molecule has 3 nitrogen and oxygen atoms in total. The van der Waals surface area contributed by atoms with Gasteiger partial charge in [-0.1, -0.05) is 12.1 Å². The number of aliphatic hydroxyl groups excluding tert-OH is 1. The van der Waals surface area contributed by atoms with E-state index in [0.29, 0.717) is 13.0 Å². The van der Waals surface area contributed by atoms with Crippen molar-refractivity contribution in [1.29, 1.82) is 0 Å². The Balaban J connectivity index is 2.86. The van der Waals surface area contributed by atoms with E-state index in [9.17, 15) is 9.50 Å². The fraction of sp³-hybridized carbons (Fsp3) is 0.455. The summed E-state index contributed by atoms with van der Waals surface area (Å²) in [6.45, 7) is 2.17. The lowest BCUT2D eigenvalue weighted by Crippen LogP contribution is -2.31. The Kier molecular flexibility index (Phi) is 4.20. The van der Waals surface area contributed by atoms with Crippen molar-refractivity contribution in [3.8, 4) is 0 Å². The third kappa shape index (κ3) is 2.99. The van der Waals surface area contributed by atoms with Crippen LogP contribution in [-0.4, -0.2) is 17.7 Å². The summed E-state index contributed by atoms with van der Waals surface area (Å²) in [6.07, 6.45) is -0.525. The highest BCUT2D eigenvalue weighted by molar-refractivity contribution is 5.26. The van der Waals surface area contributed by atoms with Crippen molar-refractivity contribution in [2.45, 2.75) is 25.5 Å². The van der Waals surface area contributed by atoms with E-state index in [4.69, 9.17) is 11.5 Å². The first kappa shape index (κ1) is 12.1. The molecule has 84 valence electrons. The van der Waals surface area contributed by atoms with Gasteiger partial charge in [0.1, 0.15) is 5.82 Å². The summed E-state index contributed by atoms with van der Waals surface area (Å²) in [5.41, 5.74) is 12.0. The fourth-order valence-corrected chi connectivity index (χ4v) is 1.45. The third-order valence-electron chi connectivity index (χ3n) is 2.38. The van der Waals surface area contributed by atoms with Gasteiger partial charge in [0.05, 0.1) is 6.10 Å². The molecule has 1 aromatic carbocycles. The van der Waals surface area contributed by atoms with Crippen molar-refractivity contribution >= 4 is 0 Å². The van der Waals surface area contributed by atoms with Crippen molar-refractivity contribution in [2.75, 3.05) is 6.54 Å². The molecule has 2 unspecified atom stereocenters. The Hall–Kier alpha value is -0.970. The molecule has 0 spiro atoms. The van der Waals surface area contributed by atoms with Crippen LogP contribution in [0.1, 0.15) is 23.7 Å². The molecular weight excluding hydrogens is 195 g/mol. The first-order chi connectivity index (χ1) is 7.06. The molecule has 0 amide bonds. The number of aliphatic hydroxyl groups is 1. The highest BCUT2D eigenvalue weighted by Gasteiger charge is 2.19. The van der Waals surface area contributed by atoms with E-state index in [-0.39, 0.29) is 5.56 Å². The monoisotopic (exact) mass is 212 g/mol. The lowest BCUT2D eigenvalue weighted by atomic mass is 9.99. The van der Waals surface area contributed by atoms with Crippen molar-refractivity contribution in [3.05, 3.63) is 35.1 Å². The molecule has 1 aromatic rings. The largest absolute Gasteiger partial charge is 0.387 e. The molecule has 0 heterocycles. The summed E-state index contributed by atoms with van der Waals surface area (Å²) in [7, 11) is 0. The van der Waals surface area contributed by atoms with Gasteiger partial charge in [0, 0.05) is 11.6 Å². The second kappa shape index (κ2) is 5.21. The first-order valence-corrected chi connectivity index (χ1v) is 4.96. The zero-order chi connectivity index (χ0) is 11.4. The normalized spacial score (nSPS) is 15.0. The minimum Gasteiger partial charge on any atom is -0.387 e. The van der Waals surface area contributed by atoms with E-state index in [2.05, 4.69) is 0 Å². The Morgan fingerprint density at radius 1 is 1.47 bits per heavy atom. The maximum atomic E-state index is 13.5. The summed E-state index contributed by atoms with van der Waals surface area (Å²) in [5, 5.41) is 9.77. The molecule has 0 saturated carbocycles. The Morgan fingerprint density at radius 2 is 2.13 bits per heavy atom. The zero-order valence-electron chi connectivity index (χ0n) is 8.78. The highest BCUT2D eigenvalue weighted by atomic mass is 19.1. The number of hydrogen-bond acceptors (Lipinski definition) is 3. The van der Waals surface area contributed by atoms with Gasteiger partial charge in [-0.2, -0.15) is 0 Å². The second-order valence-corrected chi connectivity index (χ2v) is 3.71. The van der Waals surface area contributed by atoms with Gasteiger partial charge < -0.3 is 16.6 Å². The second-order valence-electron chi connectivity index (χ2n) is 3.71. The summed E-state index contributed by atoms with van der Waals surface area (Å²) in [5.74, 6) is -0.421. The number of halogens is 1. The molecule has 0 aliphatic carbocycles. The topological polar surface area (TPSA) is 72.3 Å². The molecule has 4 heteroatoms. The van der Waals surface area contributed by atoms with Gasteiger partial charge in [0.2, 0.25) is 0 Å². The Bertz CT molecular complexity index is 330. The molecule has 0 aromatic heterocycles. The fourth-order valence-electron chi connectivity index (χ4n) is 1.45. The van der Waals surface area contributed by atoms with Crippen LogP contribution in [-0.2, 0) is 0 Å². The van der Waals surface area contributed by atoms with Gasteiger partial charge in [0.15, 0.2) is 0 Å². The van der Waals surface area contributed by atoms with E-state index < -0.39 is 18.0 Å². The van der Waals surface area contributed by atoms with Crippen LogP contribution in [0.15, 0.2) is 18.2 Å². The standard InChI is InChI=1S/C11H17FN2O/c1-7-2-3-8(9(12)6-7)11(15)10(14)4-5-13/h2-3,6,10-11,15H,4-5,13-14H2,1H3. The zero-order valence-corrected chi connectivity index (χ0v) is 8.78. The molecule has 0 bridgehead atoms. The predicted molar refractivity (Wildman–Crippen MR) is 57.7 cm³/mol. The lowest BCUT2D eigenvalue weighted by molar-refractivity contribution is 0.139. The van der Waals surface area contributed by atoms with Gasteiger partial charge in [-0.3, -0.25) is 0 Å². The first-order valence-electron chi connectivity index (χ1n) is 4.96. The summed E-state index contributed by atoms with van der Waals surface area (Å²) < 4.78 is 13.5. The van der Waals surface area contributed by atoms with E-state index >= 15 is 0 Å². The van der Waals surface area contributed by atoms with Crippen LogP contribution >= 0.6 is 0 Å². The summed E-state index contributed by atoms with van der Waals surface area (Å²) in [6, 6.07) is 4.17. The van der Waals surface area contributed by atoms with Crippen LogP contribution in [0.5, 0.6) is 0 Å². The molecule has 15 heavy (non-hydrogen) atoms. The lowest BCUT2D eigenvalue weighted by Gasteiger charge is -2.19. The van der Waals surface area contributed by atoms with E-state index in [1.165, 1.54) is 6.07 Å². The number of nitrogens with two attached hydrogens (primary N) is 2. The van der Waals surface area contributed by atoms with E-state index in [1.807, 2.05) is 0 Å². The van der Waals surface area contributed by atoms with Crippen LogP contribution in [0.2, 0.25) is 0 Å². The highest BCUT2D eigenvalue weighted by Crippen LogP contribution is 2.21. The van der Waals surface area contributed by atoms with Gasteiger partial charge >= 0.3 is 0 Å². The van der Waals surface area contributed by atoms with Crippen molar-refractivity contribution < 1.29 is 9.50 Å². The molecule has 2 atom stereocenters. The number of aryl methyl sites for hydroxylation is 1. The van der Waals surface area contributed by atoms with Crippen molar-refractivity contribution in [3.63, 3.8) is 0 Å². The molecule has 0 saturated heterocycles. The molecule has 5 N–H and O–H groups in total. The maximum absolute atomic E-state index is 13.5. The average molecular weight is 212 g/mol. The quantitative estimate of drug-likeness (QED) is 0.692. The van der Waals surface area contributed by atoms with E-state index in [0.717, 1.165) is 5.56 Å². The molecule has 0 aliphatic heterocycles. The SMILES string of the molecule is Cc1ccc(C(O)C(N)CCN)c(F)c1. The van der Waals surface area contributed by atoms with Crippen LogP contribution in [0.4, 0.5) is 4.39 Å². The molecular formula is C11H17FN2O. The van der Waals surface area contributed by atoms with Crippen molar-refractivity contribution in [1.82, 2.24) is 0 Å². The van der Waals surface area contributed by atoms with Crippen molar-refractivity contribution in [2.24, 2.45) is 11.5 Å². The molecule has 0 aliphatic rings. The summed E-state index contributed by atoms with van der Waals surface area (Å²) >= 11 is 0. The Morgan fingerprint density at radius 3 is 2.67 bits per heavy atom. The molecule has 0 fully saturated rings. The average Bonchev–Trinajstić information content (AvgIpc) is 2.17. The molecule has 0 radical (unpaired) electrons. The predicted octanol–water partition coefficient (Wildman–Crippen LogP) is 0.844. The van der Waals surface area contributed by atoms with Crippen LogP contribution in [0, 0.1) is 12.7 Å². The van der Waals surface area contributed by atoms with Gasteiger partial charge in [-0.05, 0) is 31.5 Å². The minimum absolute atomic E-state index is 0.238. The van der Waals surface area contributed by atoms with Crippen LogP contribution in [0.25, 0.3) is 0 Å². The maximum Gasteiger partial charge on any atom is 0.129 e. The van der Waals surface area contributed by atoms with E-state index in [1.54, 1.807) is 19.1 Å². The number of rotatable bonds is 4. The summed E-state index contributed by atoms with van der Waals surface area (Å²) in [4.78, 5) is 0. The van der Waals surface area contributed by atoms with Gasteiger partial charge in [-0.25, -0.2) is 4.39 Å². The van der Waals surface area contributed by atoms with Crippen LogP contribution < -0.4 is 11.5 Å². The third-order valence-corrected chi connectivity index (χ3v) is 2.38. The smallest absolute Gasteiger partial charge is 0.129 e. The number of benzene rings is 1. The molecule has 1 rings (SSSR count). The van der Waals surface area contributed by atoms with Gasteiger partial charge in [-0.15, -0.1) is 0 Å². The number of hydrogen-bond donors (Lipinski definition) is 3. The Labute approximate surface area is 88.9 Å².